The van der Waals surface area contributed by atoms with Crippen LogP contribution in [0.25, 0.3) is 0 Å². The van der Waals surface area contributed by atoms with Crippen molar-refractivity contribution in [2.45, 2.75) is 39.4 Å². The summed E-state index contributed by atoms with van der Waals surface area (Å²) in [6.45, 7) is 4.11. The van der Waals surface area contributed by atoms with Crippen LogP contribution in [-0.4, -0.2) is 47.9 Å². The smallest absolute Gasteiger partial charge is 0.263 e. The third kappa shape index (κ3) is 3.00. The third-order valence-electron chi connectivity index (χ3n) is 4.09. The van der Waals surface area contributed by atoms with Gasteiger partial charge in [-0.2, -0.15) is 0 Å². The molecule has 4 amide bonds. The molecule has 1 fully saturated rings. The first-order chi connectivity index (χ1) is 12.0. The number of tetrazole rings is 1. The molecular weight excluding hydrogens is 324 g/mol. The van der Waals surface area contributed by atoms with Gasteiger partial charge in [-0.3, -0.25) is 9.59 Å². The Hall–Kier alpha value is -3.10. The van der Waals surface area contributed by atoms with Gasteiger partial charge in [-0.25, -0.2) is 19.3 Å². The maximum atomic E-state index is 12.7. The molecule has 3 rings (SSSR count). The van der Waals surface area contributed by atoms with E-state index in [0.29, 0.717) is 12.4 Å². The quantitative estimate of drug-likeness (QED) is 0.576. The number of nitrogens with zero attached hydrogens (tertiary/aromatic N) is 6. The van der Waals surface area contributed by atoms with Gasteiger partial charge in [0.2, 0.25) is 0 Å². The molecule has 0 bridgehead atoms. The van der Waals surface area contributed by atoms with E-state index in [4.69, 9.17) is 0 Å². The van der Waals surface area contributed by atoms with Gasteiger partial charge >= 0.3 is 17.8 Å². The van der Waals surface area contributed by atoms with Gasteiger partial charge in [0.1, 0.15) is 0 Å². The largest absolute Gasteiger partial charge is 0.335 e. The first-order valence-corrected chi connectivity index (χ1v) is 8.03. The number of carbonyl (C=O) groups is 3. The summed E-state index contributed by atoms with van der Waals surface area (Å²) >= 11 is 0. The molecule has 1 aromatic carbocycles. The highest BCUT2D eigenvalue weighted by Gasteiger charge is 2.47. The first-order valence-electron chi connectivity index (χ1n) is 8.03. The Balaban J connectivity index is 1.83. The molecule has 0 saturated carbocycles. The maximum absolute atomic E-state index is 12.7. The molecule has 0 N–H and O–H groups in total. The Bertz CT molecular complexity index is 803. The summed E-state index contributed by atoms with van der Waals surface area (Å²) in [5, 5.41) is 11.2. The van der Waals surface area contributed by atoms with Gasteiger partial charge in [0.15, 0.2) is 5.82 Å². The third-order valence-corrected chi connectivity index (χ3v) is 4.09. The van der Waals surface area contributed by atoms with Crippen molar-refractivity contribution in [3.8, 4) is 0 Å². The van der Waals surface area contributed by atoms with Gasteiger partial charge in [0.05, 0.1) is 12.6 Å². The molecule has 2 heterocycles. The highest BCUT2D eigenvalue weighted by Crippen LogP contribution is 2.26. The van der Waals surface area contributed by atoms with Crippen LogP contribution in [0.2, 0.25) is 0 Å². The van der Waals surface area contributed by atoms with Crippen molar-refractivity contribution < 1.29 is 14.4 Å². The van der Waals surface area contributed by atoms with Crippen LogP contribution in [-0.2, 0) is 22.7 Å². The van der Waals surface area contributed by atoms with Crippen LogP contribution in [0.3, 0.4) is 0 Å². The molecule has 9 nitrogen and oxygen atoms in total. The predicted octanol–water partition coefficient (Wildman–Crippen LogP) is 1.14. The number of amides is 4. The van der Waals surface area contributed by atoms with Crippen LogP contribution >= 0.6 is 0 Å². The summed E-state index contributed by atoms with van der Waals surface area (Å²) in [5.74, 6) is -1.33. The van der Waals surface area contributed by atoms with Crippen molar-refractivity contribution in [3.63, 3.8) is 0 Å². The lowest BCUT2D eigenvalue weighted by Gasteiger charge is -2.22. The summed E-state index contributed by atoms with van der Waals surface area (Å²) in [7, 11) is 0. The van der Waals surface area contributed by atoms with Gasteiger partial charge in [0, 0.05) is 6.54 Å². The molecule has 0 aliphatic carbocycles. The van der Waals surface area contributed by atoms with E-state index < -0.39 is 23.9 Å². The molecule has 1 atom stereocenters. The van der Waals surface area contributed by atoms with Gasteiger partial charge in [0.25, 0.3) is 0 Å². The maximum Gasteiger partial charge on any atom is 0.335 e. The number of hydrogen-bond donors (Lipinski definition) is 0. The molecular formula is C16H18N6O3. The number of imide groups is 2. The van der Waals surface area contributed by atoms with Crippen molar-refractivity contribution >= 4 is 17.8 Å². The van der Waals surface area contributed by atoms with Crippen molar-refractivity contribution in [1.29, 1.82) is 0 Å². The van der Waals surface area contributed by atoms with Crippen LogP contribution in [0.4, 0.5) is 4.79 Å². The van der Waals surface area contributed by atoms with Crippen molar-refractivity contribution in [2.75, 3.05) is 0 Å². The van der Waals surface area contributed by atoms with E-state index >= 15 is 0 Å². The van der Waals surface area contributed by atoms with Gasteiger partial charge in [-0.05, 0) is 29.3 Å². The lowest BCUT2D eigenvalue weighted by atomic mass is 10.1. The van der Waals surface area contributed by atoms with Gasteiger partial charge in [-0.1, -0.05) is 37.3 Å². The molecule has 1 aliphatic rings. The predicted molar refractivity (Wildman–Crippen MR) is 85.8 cm³/mol. The van der Waals surface area contributed by atoms with E-state index in [0.717, 1.165) is 21.8 Å². The average molecular weight is 342 g/mol. The monoisotopic (exact) mass is 342 g/mol. The summed E-state index contributed by atoms with van der Waals surface area (Å²) in [6.07, 6.45) is 0.802. The minimum absolute atomic E-state index is 0.131. The second kappa shape index (κ2) is 6.80. The number of rotatable bonds is 6. The second-order valence-corrected chi connectivity index (χ2v) is 5.75. The van der Waals surface area contributed by atoms with E-state index in [2.05, 4.69) is 15.5 Å². The zero-order chi connectivity index (χ0) is 18.0. The topological polar surface area (TPSA) is 101 Å². The Labute approximate surface area is 144 Å². The van der Waals surface area contributed by atoms with Crippen molar-refractivity contribution in [1.82, 2.24) is 30.0 Å². The van der Waals surface area contributed by atoms with Crippen LogP contribution in [0.1, 0.15) is 37.7 Å². The van der Waals surface area contributed by atoms with E-state index in [-0.39, 0.29) is 6.54 Å². The van der Waals surface area contributed by atoms with E-state index in [9.17, 15) is 14.4 Å². The van der Waals surface area contributed by atoms with Gasteiger partial charge in [-0.15, -0.1) is 5.10 Å². The molecule has 2 aromatic rings. The number of benzene rings is 1. The molecule has 130 valence electrons. The Morgan fingerprint density at radius 2 is 1.80 bits per heavy atom. The molecule has 0 unspecified atom stereocenters. The van der Waals surface area contributed by atoms with Crippen molar-refractivity contribution in [3.05, 3.63) is 41.7 Å². The average Bonchev–Trinajstić information content (AvgIpc) is 3.14. The minimum atomic E-state index is -0.862. The summed E-state index contributed by atoms with van der Waals surface area (Å²) in [4.78, 5) is 39.2. The highest BCUT2D eigenvalue weighted by atomic mass is 16.2. The number of carbonyl (C=O) groups excluding carboxylic acids is 3. The normalized spacial score (nSPS) is 16.0. The second-order valence-electron chi connectivity index (χ2n) is 5.75. The standard InChI is InChI=1S/C16H18N6O3/c1-3-9-21-13(17-18-19-21)10-20-14(23)15(24)22(16(20)25)11(2)12-7-5-4-6-8-12/h4-8,11H,3,9-10H2,1-2H3/t11-/m1/s1. The van der Waals surface area contributed by atoms with E-state index in [1.165, 1.54) is 4.68 Å². The lowest BCUT2D eigenvalue weighted by molar-refractivity contribution is -0.144. The zero-order valence-electron chi connectivity index (χ0n) is 14.0. The fraction of sp³-hybridized carbons (Fsp3) is 0.375. The van der Waals surface area contributed by atoms with Crippen LogP contribution < -0.4 is 0 Å². The Morgan fingerprint density at radius 3 is 2.48 bits per heavy atom. The van der Waals surface area contributed by atoms with Crippen LogP contribution in [0, 0.1) is 0 Å². The summed E-state index contributed by atoms with van der Waals surface area (Å²) in [5.41, 5.74) is 0.773. The fourth-order valence-electron chi connectivity index (χ4n) is 2.75. The number of urea groups is 1. The number of aryl methyl sites for hydroxylation is 1. The van der Waals surface area contributed by atoms with Crippen molar-refractivity contribution in [2.24, 2.45) is 0 Å². The Morgan fingerprint density at radius 1 is 1.08 bits per heavy atom. The molecule has 0 spiro atoms. The fourth-order valence-corrected chi connectivity index (χ4v) is 2.75. The number of hydrogen-bond acceptors (Lipinski definition) is 6. The Kier molecular flexibility index (Phi) is 4.55. The van der Waals surface area contributed by atoms with Gasteiger partial charge < -0.3 is 0 Å². The zero-order valence-corrected chi connectivity index (χ0v) is 14.0. The molecule has 9 heteroatoms. The first kappa shape index (κ1) is 16.7. The summed E-state index contributed by atoms with van der Waals surface area (Å²) < 4.78 is 1.52. The molecule has 0 radical (unpaired) electrons. The summed E-state index contributed by atoms with van der Waals surface area (Å²) in [6, 6.07) is 7.89. The van der Waals surface area contributed by atoms with Crippen LogP contribution in [0.15, 0.2) is 30.3 Å². The molecule has 1 saturated heterocycles. The highest BCUT2D eigenvalue weighted by molar-refractivity contribution is 6.44. The minimum Gasteiger partial charge on any atom is -0.263 e. The van der Waals surface area contributed by atoms with E-state index in [1.807, 2.05) is 25.1 Å². The lowest BCUT2D eigenvalue weighted by Crippen LogP contribution is -2.35. The SMILES string of the molecule is CCCn1nnnc1CN1C(=O)C(=O)N([C@H](C)c2ccccc2)C1=O. The molecule has 1 aliphatic heterocycles. The van der Waals surface area contributed by atoms with Crippen LogP contribution in [0.5, 0.6) is 0 Å². The van der Waals surface area contributed by atoms with E-state index in [1.54, 1.807) is 19.1 Å². The molecule has 1 aromatic heterocycles. The molecule has 25 heavy (non-hydrogen) atoms. The number of aromatic nitrogens is 4.